The van der Waals surface area contributed by atoms with Gasteiger partial charge in [-0.2, -0.15) is 0 Å². The molecule has 0 spiro atoms. The average molecular weight is 231 g/mol. The molecule has 0 bridgehead atoms. The van der Waals surface area contributed by atoms with E-state index in [1.807, 2.05) is 18.2 Å². The number of nitrogens with one attached hydrogen (secondary N) is 1. The van der Waals surface area contributed by atoms with E-state index in [2.05, 4.69) is 11.1 Å². The lowest BCUT2D eigenvalue weighted by Gasteiger charge is -2.21. The van der Waals surface area contributed by atoms with Crippen LogP contribution in [0, 0.1) is 0 Å². The van der Waals surface area contributed by atoms with Crippen LogP contribution < -0.4 is 0 Å². The maximum atomic E-state index is 10.8. The van der Waals surface area contributed by atoms with E-state index in [-0.39, 0.29) is 12.5 Å². The molecule has 0 radical (unpaired) electrons. The summed E-state index contributed by atoms with van der Waals surface area (Å²) in [6.07, 6.45) is 0.513. The number of aromatic amines is 1. The molecule has 1 aliphatic heterocycles. The zero-order chi connectivity index (χ0) is 11.8. The highest BCUT2D eigenvalue weighted by Gasteiger charge is 2.26. The minimum atomic E-state index is -0.832. The van der Waals surface area contributed by atoms with Gasteiger partial charge in [0.2, 0.25) is 0 Å². The summed E-state index contributed by atoms with van der Waals surface area (Å²) in [6, 6.07) is 8.04. The third-order valence-corrected chi connectivity index (χ3v) is 3.20. The lowest BCUT2D eigenvalue weighted by atomic mass is 10.0. The first-order valence-corrected chi connectivity index (χ1v) is 5.68. The van der Waals surface area contributed by atoms with Gasteiger partial charge in [-0.05, 0) is 18.1 Å². The Morgan fingerprint density at radius 3 is 3.12 bits per heavy atom. The summed E-state index contributed by atoms with van der Waals surface area (Å²) in [5, 5.41) is 10.1. The average Bonchev–Trinajstić information content (AvgIpc) is 2.68. The van der Waals surface area contributed by atoms with Crippen LogP contribution in [-0.2, 0) is 16.0 Å². The van der Waals surface area contributed by atoms with Crippen LogP contribution in [0.3, 0.4) is 0 Å². The molecule has 0 saturated carbocycles. The fraction of sp³-hybridized carbons (Fsp3) is 0.308. The molecule has 0 saturated heterocycles. The van der Waals surface area contributed by atoms with Gasteiger partial charge in [-0.25, -0.2) is 0 Å². The van der Waals surface area contributed by atoms with Gasteiger partial charge in [0, 0.05) is 16.6 Å². The first kappa shape index (κ1) is 10.4. The number of hydrogen-bond donors (Lipinski definition) is 2. The standard InChI is InChI=1S/C13H13NO3/c15-12(16)7-11-13-9(5-6-17-11)8-3-1-2-4-10(8)14-13/h1-4,11,14H,5-7H2,(H,15,16). The molecule has 4 heteroatoms. The smallest absolute Gasteiger partial charge is 0.306 e. The molecule has 2 aromatic rings. The molecule has 0 aliphatic carbocycles. The van der Waals surface area contributed by atoms with Crippen molar-refractivity contribution in [2.24, 2.45) is 0 Å². The zero-order valence-corrected chi connectivity index (χ0v) is 9.27. The van der Waals surface area contributed by atoms with Crippen LogP contribution in [0.25, 0.3) is 10.9 Å². The molecule has 17 heavy (non-hydrogen) atoms. The summed E-state index contributed by atoms with van der Waals surface area (Å²) >= 11 is 0. The van der Waals surface area contributed by atoms with Gasteiger partial charge in [-0.1, -0.05) is 18.2 Å². The normalized spacial score (nSPS) is 19.2. The van der Waals surface area contributed by atoms with Gasteiger partial charge in [-0.15, -0.1) is 0 Å². The van der Waals surface area contributed by atoms with Crippen molar-refractivity contribution in [3.05, 3.63) is 35.5 Å². The molecule has 0 amide bonds. The maximum Gasteiger partial charge on any atom is 0.306 e. The molecule has 1 unspecified atom stereocenters. The van der Waals surface area contributed by atoms with Crippen molar-refractivity contribution in [3.8, 4) is 0 Å². The Bertz CT molecular complexity index is 573. The first-order valence-electron chi connectivity index (χ1n) is 5.68. The largest absolute Gasteiger partial charge is 0.481 e. The van der Waals surface area contributed by atoms with Crippen LogP contribution in [0.15, 0.2) is 24.3 Å². The van der Waals surface area contributed by atoms with E-state index >= 15 is 0 Å². The number of carbonyl (C=O) groups is 1. The summed E-state index contributed by atoms with van der Waals surface area (Å²) in [5.74, 6) is -0.832. The number of para-hydroxylation sites is 1. The Kier molecular flexibility index (Phi) is 2.37. The fourth-order valence-corrected chi connectivity index (χ4v) is 2.47. The van der Waals surface area contributed by atoms with Gasteiger partial charge < -0.3 is 14.8 Å². The molecule has 88 valence electrons. The van der Waals surface area contributed by atoms with Crippen LogP contribution in [0.4, 0.5) is 0 Å². The maximum absolute atomic E-state index is 10.8. The Hall–Kier alpha value is -1.81. The van der Waals surface area contributed by atoms with Crippen LogP contribution >= 0.6 is 0 Å². The number of carboxylic acid groups (broad SMARTS) is 1. The van der Waals surface area contributed by atoms with E-state index in [1.54, 1.807) is 0 Å². The Labute approximate surface area is 98.2 Å². The molecule has 2 heterocycles. The van der Waals surface area contributed by atoms with Crippen LogP contribution in [0.2, 0.25) is 0 Å². The summed E-state index contributed by atoms with van der Waals surface area (Å²) in [5.41, 5.74) is 3.19. The number of ether oxygens (including phenoxy) is 1. The monoisotopic (exact) mass is 231 g/mol. The number of H-pyrrole nitrogens is 1. The van der Waals surface area contributed by atoms with Gasteiger partial charge in [-0.3, -0.25) is 4.79 Å². The van der Waals surface area contributed by atoms with Gasteiger partial charge in [0.15, 0.2) is 0 Å². The second kappa shape index (κ2) is 3.89. The second-order valence-corrected chi connectivity index (χ2v) is 4.27. The molecule has 2 N–H and O–H groups in total. The number of aromatic nitrogens is 1. The third kappa shape index (κ3) is 1.70. The van der Waals surface area contributed by atoms with E-state index in [0.29, 0.717) is 6.61 Å². The molecule has 4 nitrogen and oxygen atoms in total. The minimum Gasteiger partial charge on any atom is -0.481 e. The summed E-state index contributed by atoms with van der Waals surface area (Å²) in [7, 11) is 0. The zero-order valence-electron chi connectivity index (χ0n) is 9.27. The van der Waals surface area contributed by atoms with E-state index in [9.17, 15) is 4.79 Å². The van der Waals surface area contributed by atoms with Crippen molar-refractivity contribution in [1.82, 2.24) is 4.98 Å². The highest BCUT2D eigenvalue weighted by Crippen LogP contribution is 2.34. The molecule has 1 aromatic carbocycles. The second-order valence-electron chi connectivity index (χ2n) is 4.27. The molecule has 1 aromatic heterocycles. The third-order valence-electron chi connectivity index (χ3n) is 3.20. The highest BCUT2D eigenvalue weighted by atomic mass is 16.5. The number of fused-ring (bicyclic) bond motifs is 3. The lowest BCUT2D eigenvalue weighted by Crippen LogP contribution is -2.18. The topological polar surface area (TPSA) is 62.3 Å². The molecule has 1 aliphatic rings. The van der Waals surface area contributed by atoms with Crippen molar-refractivity contribution in [1.29, 1.82) is 0 Å². The number of carboxylic acids is 1. The van der Waals surface area contributed by atoms with Crippen molar-refractivity contribution >= 4 is 16.9 Å². The molecular weight excluding hydrogens is 218 g/mol. The highest BCUT2D eigenvalue weighted by molar-refractivity contribution is 5.85. The Balaban J connectivity index is 2.10. The van der Waals surface area contributed by atoms with Gasteiger partial charge in [0.05, 0.1) is 13.0 Å². The summed E-state index contributed by atoms with van der Waals surface area (Å²) < 4.78 is 5.53. The number of benzene rings is 1. The summed E-state index contributed by atoms with van der Waals surface area (Å²) in [6.45, 7) is 0.590. The van der Waals surface area contributed by atoms with E-state index < -0.39 is 5.97 Å². The predicted molar refractivity (Wildman–Crippen MR) is 62.9 cm³/mol. The van der Waals surface area contributed by atoms with E-state index in [4.69, 9.17) is 9.84 Å². The number of hydrogen-bond acceptors (Lipinski definition) is 2. The Morgan fingerprint density at radius 1 is 1.47 bits per heavy atom. The Morgan fingerprint density at radius 2 is 2.29 bits per heavy atom. The van der Waals surface area contributed by atoms with Gasteiger partial charge in [0.25, 0.3) is 0 Å². The quantitative estimate of drug-likeness (QED) is 0.833. The number of aliphatic carboxylic acids is 1. The van der Waals surface area contributed by atoms with E-state index in [1.165, 1.54) is 10.9 Å². The van der Waals surface area contributed by atoms with Crippen molar-refractivity contribution < 1.29 is 14.6 Å². The van der Waals surface area contributed by atoms with Crippen LogP contribution in [-0.4, -0.2) is 22.7 Å². The van der Waals surface area contributed by atoms with Crippen molar-refractivity contribution in [2.45, 2.75) is 18.9 Å². The molecule has 1 atom stereocenters. The lowest BCUT2D eigenvalue weighted by molar-refractivity contribution is -0.140. The van der Waals surface area contributed by atoms with Crippen LogP contribution in [0.5, 0.6) is 0 Å². The van der Waals surface area contributed by atoms with Crippen LogP contribution in [0.1, 0.15) is 23.8 Å². The minimum absolute atomic E-state index is 0.0137. The van der Waals surface area contributed by atoms with Gasteiger partial charge >= 0.3 is 5.97 Å². The fourth-order valence-electron chi connectivity index (χ4n) is 2.47. The van der Waals surface area contributed by atoms with Gasteiger partial charge in [0.1, 0.15) is 6.10 Å². The molecular formula is C13H13NO3. The molecule has 0 fully saturated rings. The summed E-state index contributed by atoms with van der Waals surface area (Å²) in [4.78, 5) is 14.1. The van der Waals surface area contributed by atoms with E-state index in [0.717, 1.165) is 17.6 Å². The first-order chi connectivity index (χ1) is 8.25. The van der Waals surface area contributed by atoms with Crippen molar-refractivity contribution in [2.75, 3.05) is 6.61 Å². The number of rotatable bonds is 2. The SMILES string of the molecule is O=C(O)CC1OCCc2c1[nH]c1ccccc21. The predicted octanol–water partition coefficient (Wildman–Crippen LogP) is 2.26. The molecule has 3 rings (SSSR count). The van der Waals surface area contributed by atoms with Crippen molar-refractivity contribution in [3.63, 3.8) is 0 Å².